The summed E-state index contributed by atoms with van der Waals surface area (Å²) in [5.74, 6) is -0.963. The van der Waals surface area contributed by atoms with Gasteiger partial charge in [-0.15, -0.1) is 0 Å². The number of halogens is 1. The SMILES string of the molecule is CCN(CC)C(C(=O)O)c1ccc(O)c(Cl)c1. The summed E-state index contributed by atoms with van der Waals surface area (Å²) in [6.45, 7) is 5.07. The molecule has 4 nitrogen and oxygen atoms in total. The van der Waals surface area contributed by atoms with Crippen LogP contribution in [0, 0.1) is 0 Å². The number of hydrogen-bond donors (Lipinski definition) is 2. The van der Waals surface area contributed by atoms with E-state index in [1.165, 1.54) is 12.1 Å². The van der Waals surface area contributed by atoms with Crippen LogP contribution in [0.4, 0.5) is 0 Å². The molecule has 0 aliphatic carbocycles. The molecule has 0 heterocycles. The summed E-state index contributed by atoms with van der Waals surface area (Å²) in [7, 11) is 0. The number of aliphatic carboxylic acids is 1. The molecule has 0 aliphatic rings. The molecule has 0 amide bonds. The minimum Gasteiger partial charge on any atom is -0.506 e. The first-order chi connectivity index (χ1) is 8.01. The number of carboxylic acid groups (broad SMARTS) is 1. The van der Waals surface area contributed by atoms with Crippen molar-refractivity contribution in [3.8, 4) is 5.75 Å². The summed E-state index contributed by atoms with van der Waals surface area (Å²) in [6, 6.07) is 3.76. The van der Waals surface area contributed by atoms with E-state index in [4.69, 9.17) is 11.6 Å². The third kappa shape index (κ3) is 3.11. The second-order valence-corrected chi connectivity index (χ2v) is 4.08. The fourth-order valence-electron chi connectivity index (χ4n) is 1.79. The van der Waals surface area contributed by atoms with Gasteiger partial charge in [-0.1, -0.05) is 31.5 Å². The van der Waals surface area contributed by atoms with Crippen LogP contribution in [-0.2, 0) is 4.79 Å². The topological polar surface area (TPSA) is 60.8 Å². The lowest BCUT2D eigenvalue weighted by Crippen LogP contribution is -2.33. The first-order valence-electron chi connectivity index (χ1n) is 5.46. The number of rotatable bonds is 5. The summed E-state index contributed by atoms with van der Waals surface area (Å²) in [6.07, 6.45) is 0. The molecule has 94 valence electrons. The molecule has 17 heavy (non-hydrogen) atoms. The van der Waals surface area contributed by atoms with Crippen molar-refractivity contribution >= 4 is 17.6 Å². The second kappa shape index (κ2) is 5.89. The van der Waals surface area contributed by atoms with Gasteiger partial charge in [0.1, 0.15) is 11.8 Å². The summed E-state index contributed by atoms with van der Waals surface area (Å²) in [5.41, 5.74) is 0.573. The van der Waals surface area contributed by atoms with Gasteiger partial charge in [0, 0.05) is 0 Å². The minimum atomic E-state index is -0.921. The number of likely N-dealkylation sites (N-methyl/N-ethyl adjacent to an activating group) is 1. The van der Waals surface area contributed by atoms with Gasteiger partial charge in [-0.2, -0.15) is 0 Å². The van der Waals surface area contributed by atoms with Crippen molar-refractivity contribution < 1.29 is 15.0 Å². The number of phenols is 1. The van der Waals surface area contributed by atoms with Crippen LogP contribution in [0.15, 0.2) is 18.2 Å². The first-order valence-corrected chi connectivity index (χ1v) is 5.84. The van der Waals surface area contributed by atoms with Crippen LogP contribution in [0.2, 0.25) is 5.02 Å². The summed E-state index contributed by atoms with van der Waals surface area (Å²) in [4.78, 5) is 13.1. The fourth-order valence-corrected chi connectivity index (χ4v) is 1.98. The smallest absolute Gasteiger partial charge is 0.325 e. The lowest BCUT2D eigenvalue weighted by atomic mass is 10.1. The van der Waals surface area contributed by atoms with Crippen LogP contribution in [0.3, 0.4) is 0 Å². The van der Waals surface area contributed by atoms with E-state index in [0.717, 1.165) is 0 Å². The maximum atomic E-state index is 11.3. The van der Waals surface area contributed by atoms with Gasteiger partial charge in [0.15, 0.2) is 0 Å². The van der Waals surface area contributed by atoms with Gasteiger partial charge in [0.25, 0.3) is 0 Å². The minimum absolute atomic E-state index is 0.0425. The van der Waals surface area contributed by atoms with Crippen molar-refractivity contribution in [3.05, 3.63) is 28.8 Å². The highest BCUT2D eigenvalue weighted by molar-refractivity contribution is 6.32. The van der Waals surface area contributed by atoms with Crippen molar-refractivity contribution in [2.75, 3.05) is 13.1 Å². The number of phenolic OH excluding ortho intramolecular Hbond substituents is 1. The standard InChI is InChI=1S/C12H16ClNO3/c1-3-14(4-2)11(12(16)17)8-5-6-10(15)9(13)7-8/h5-7,11,15H,3-4H2,1-2H3,(H,16,17). The van der Waals surface area contributed by atoms with Crippen LogP contribution in [-0.4, -0.2) is 34.2 Å². The summed E-state index contributed by atoms with van der Waals surface area (Å²) in [5, 5.41) is 18.8. The Bertz CT molecular complexity index is 405. The Kier molecular flexibility index (Phi) is 4.78. The Morgan fingerprint density at radius 2 is 2.00 bits per heavy atom. The lowest BCUT2D eigenvalue weighted by Gasteiger charge is -2.26. The molecule has 0 fully saturated rings. The third-order valence-electron chi connectivity index (χ3n) is 2.70. The average Bonchev–Trinajstić information content (AvgIpc) is 2.29. The van der Waals surface area contributed by atoms with E-state index in [2.05, 4.69) is 0 Å². The van der Waals surface area contributed by atoms with Gasteiger partial charge >= 0.3 is 5.97 Å². The molecular weight excluding hydrogens is 242 g/mol. The third-order valence-corrected chi connectivity index (χ3v) is 3.00. The molecule has 1 aromatic carbocycles. The molecule has 2 N–H and O–H groups in total. The molecule has 0 radical (unpaired) electrons. The number of benzene rings is 1. The van der Waals surface area contributed by atoms with E-state index in [0.29, 0.717) is 18.7 Å². The molecule has 0 saturated heterocycles. The van der Waals surface area contributed by atoms with Gasteiger partial charge in [-0.05, 0) is 30.8 Å². The molecule has 1 unspecified atom stereocenters. The maximum Gasteiger partial charge on any atom is 0.325 e. The monoisotopic (exact) mass is 257 g/mol. The molecular formula is C12H16ClNO3. The van der Waals surface area contributed by atoms with Crippen LogP contribution >= 0.6 is 11.6 Å². The number of carboxylic acids is 1. The number of aromatic hydroxyl groups is 1. The predicted octanol–water partition coefficient (Wildman–Crippen LogP) is 2.51. The zero-order valence-corrected chi connectivity index (χ0v) is 10.6. The van der Waals surface area contributed by atoms with Gasteiger partial charge in [0.2, 0.25) is 0 Å². The van der Waals surface area contributed by atoms with Crippen LogP contribution in [0.25, 0.3) is 0 Å². The fraction of sp³-hybridized carbons (Fsp3) is 0.417. The molecule has 0 saturated carbocycles. The highest BCUT2D eigenvalue weighted by Gasteiger charge is 2.25. The maximum absolute atomic E-state index is 11.3. The van der Waals surface area contributed by atoms with E-state index in [-0.39, 0.29) is 10.8 Å². The van der Waals surface area contributed by atoms with Crippen molar-refractivity contribution in [2.45, 2.75) is 19.9 Å². The zero-order valence-electron chi connectivity index (χ0n) is 9.85. The molecule has 1 rings (SSSR count). The molecule has 1 atom stereocenters. The Balaban J connectivity index is 3.13. The Labute approximate surface area is 105 Å². The Morgan fingerprint density at radius 1 is 1.41 bits per heavy atom. The predicted molar refractivity (Wildman–Crippen MR) is 66.4 cm³/mol. The Morgan fingerprint density at radius 3 is 2.41 bits per heavy atom. The average molecular weight is 258 g/mol. The van der Waals surface area contributed by atoms with E-state index >= 15 is 0 Å². The van der Waals surface area contributed by atoms with Gasteiger partial charge in [-0.3, -0.25) is 9.69 Å². The van der Waals surface area contributed by atoms with Crippen LogP contribution in [0.1, 0.15) is 25.5 Å². The number of hydrogen-bond acceptors (Lipinski definition) is 3. The zero-order chi connectivity index (χ0) is 13.0. The molecule has 0 aromatic heterocycles. The normalized spacial score (nSPS) is 12.7. The van der Waals surface area contributed by atoms with Gasteiger partial charge < -0.3 is 10.2 Å². The highest BCUT2D eigenvalue weighted by atomic mass is 35.5. The van der Waals surface area contributed by atoms with Crippen molar-refractivity contribution in [2.24, 2.45) is 0 Å². The van der Waals surface area contributed by atoms with Crippen molar-refractivity contribution in [3.63, 3.8) is 0 Å². The molecule has 5 heteroatoms. The molecule has 0 aliphatic heterocycles. The van der Waals surface area contributed by atoms with Crippen LogP contribution in [0.5, 0.6) is 5.75 Å². The van der Waals surface area contributed by atoms with E-state index in [1.54, 1.807) is 6.07 Å². The molecule has 1 aromatic rings. The van der Waals surface area contributed by atoms with Crippen LogP contribution < -0.4 is 0 Å². The van der Waals surface area contributed by atoms with Gasteiger partial charge in [0.05, 0.1) is 5.02 Å². The number of carbonyl (C=O) groups is 1. The van der Waals surface area contributed by atoms with E-state index in [1.807, 2.05) is 18.7 Å². The largest absolute Gasteiger partial charge is 0.506 e. The second-order valence-electron chi connectivity index (χ2n) is 3.67. The van der Waals surface area contributed by atoms with Gasteiger partial charge in [-0.25, -0.2) is 0 Å². The summed E-state index contributed by atoms with van der Waals surface area (Å²) < 4.78 is 0. The van der Waals surface area contributed by atoms with E-state index < -0.39 is 12.0 Å². The highest BCUT2D eigenvalue weighted by Crippen LogP contribution is 2.29. The molecule has 0 bridgehead atoms. The first kappa shape index (κ1) is 13.8. The quantitative estimate of drug-likeness (QED) is 0.851. The summed E-state index contributed by atoms with van der Waals surface area (Å²) >= 11 is 5.79. The number of nitrogens with zero attached hydrogens (tertiary/aromatic N) is 1. The van der Waals surface area contributed by atoms with Crippen molar-refractivity contribution in [1.82, 2.24) is 4.90 Å². The Hall–Kier alpha value is -1.26. The van der Waals surface area contributed by atoms with Crippen molar-refractivity contribution in [1.29, 1.82) is 0 Å². The lowest BCUT2D eigenvalue weighted by molar-refractivity contribution is -0.143. The van der Waals surface area contributed by atoms with E-state index in [9.17, 15) is 15.0 Å². The molecule has 0 spiro atoms.